The van der Waals surface area contributed by atoms with Crippen LogP contribution in [0.5, 0.6) is 0 Å². The minimum absolute atomic E-state index is 0.0985. The normalized spacial score (nSPS) is 20.4. The highest BCUT2D eigenvalue weighted by Gasteiger charge is 2.28. The van der Waals surface area contributed by atoms with Crippen molar-refractivity contribution in [2.24, 2.45) is 5.73 Å². The molecule has 0 aliphatic carbocycles. The van der Waals surface area contributed by atoms with E-state index < -0.39 is 0 Å². The molecule has 1 aromatic carbocycles. The Kier molecular flexibility index (Phi) is 4.19. The van der Waals surface area contributed by atoms with Crippen LogP contribution in [0.3, 0.4) is 0 Å². The van der Waals surface area contributed by atoms with Crippen LogP contribution in [0.4, 0.5) is 0 Å². The Morgan fingerprint density at radius 2 is 1.82 bits per heavy atom. The minimum atomic E-state index is 0.0985. The number of benzene rings is 1. The van der Waals surface area contributed by atoms with E-state index in [9.17, 15) is 0 Å². The summed E-state index contributed by atoms with van der Waals surface area (Å²) in [6, 6.07) is 10.7. The molecule has 0 radical (unpaired) electrons. The van der Waals surface area contributed by atoms with Crippen molar-refractivity contribution in [3.05, 3.63) is 35.9 Å². The highest BCUT2D eigenvalue weighted by molar-refractivity contribution is 5.14. The zero-order valence-corrected chi connectivity index (χ0v) is 10.9. The molecule has 2 nitrogen and oxygen atoms in total. The van der Waals surface area contributed by atoms with Crippen molar-refractivity contribution in [3.63, 3.8) is 0 Å². The van der Waals surface area contributed by atoms with Crippen molar-refractivity contribution >= 4 is 0 Å². The van der Waals surface area contributed by atoms with Gasteiger partial charge in [-0.1, -0.05) is 30.3 Å². The van der Waals surface area contributed by atoms with E-state index in [1.54, 1.807) is 0 Å². The van der Waals surface area contributed by atoms with E-state index >= 15 is 0 Å². The first-order chi connectivity index (χ1) is 8.18. The van der Waals surface area contributed by atoms with E-state index in [1.165, 1.54) is 12.0 Å². The second-order valence-electron chi connectivity index (χ2n) is 5.50. The maximum absolute atomic E-state index is 6.46. The molecule has 1 saturated heterocycles. The molecule has 17 heavy (non-hydrogen) atoms. The summed E-state index contributed by atoms with van der Waals surface area (Å²) in [5.74, 6) is 0. The number of nitrogens with zero attached hydrogens (tertiary/aromatic N) is 1. The van der Waals surface area contributed by atoms with Gasteiger partial charge < -0.3 is 10.6 Å². The lowest BCUT2D eigenvalue weighted by Crippen LogP contribution is -2.49. The lowest BCUT2D eigenvalue weighted by molar-refractivity contribution is 0.180. The van der Waals surface area contributed by atoms with Gasteiger partial charge in [-0.15, -0.1) is 0 Å². The fourth-order valence-electron chi connectivity index (χ4n) is 2.60. The summed E-state index contributed by atoms with van der Waals surface area (Å²) in [6.07, 6.45) is 5.84. The first-order valence-electron chi connectivity index (χ1n) is 6.69. The number of hydrogen-bond acceptors (Lipinski definition) is 2. The smallest absolute Gasteiger partial charge is 0.0178 e. The van der Waals surface area contributed by atoms with Crippen molar-refractivity contribution in [2.75, 3.05) is 20.1 Å². The van der Waals surface area contributed by atoms with Crippen molar-refractivity contribution in [3.8, 4) is 0 Å². The molecule has 94 valence electrons. The fraction of sp³-hybridized carbons (Fsp3) is 0.600. The third-order valence-corrected chi connectivity index (χ3v) is 3.97. The molecular weight excluding hydrogens is 208 g/mol. The topological polar surface area (TPSA) is 29.3 Å². The lowest BCUT2D eigenvalue weighted by atomic mass is 9.83. The molecule has 1 fully saturated rings. The van der Waals surface area contributed by atoms with Gasteiger partial charge in [0, 0.05) is 5.54 Å². The predicted molar refractivity (Wildman–Crippen MR) is 73.0 cm³/mol. The maximum atomic E-state index is 6.46. The number of hydrogen-bond donors (Lipinski definition) is 1. The molecule has 0 spiro atoms. The minimum Gasteiger partial charge on any atom is -0.325 e. The van der Waals surface area contributed by atoms with Gasteiger partial charge in [-0.05, 0) is 57.8 Å². The van der Waals surface area contributed by atoms with Crippen LogP contribution in [-0.2, 0) is 6.42 Å². The Morgan fingerprint density at radius 3 is 2.47 bits per heavy atom. The first kappa shape index (κ1) is 12.6. The van der Waals surface area contributed by atoms with Crippen LogP contribution in [0.25, 0.3) is 0 Å². The van der Waals surface area contributed by atoms with Gasteiger partial charge in [0.2, 0.25) is 0 Å². The Labute approximate surface area is 105 Å². The molecule has 0 amide bonds. The second kappa shape index (κ2) is 5.65. The molecule has 0 atom stereocenters. The summed E-state index contributed by atoms with van der Waals surface area (Å²) >= 11 is 0. The van der Waals surface area contributed by atoms with Gasteiger partial charge in [-0.2, -0.15) is 0 Å². The van der Waals surface area contributed by atoms with Crippen LogP contribution in [0.2, 0.25) is 0 Å². The third kappa shape index (κ3) is 3.83. The lowest BCUT2D eigenvalue weighted by Gasteiger charge is -2.37. The van der Waals surface area contributed by atoms with Gasteiger partial charge in [-0.3, -0.25) is 0 Å². The molecule has 2 N–H and O–H groups in total. The van der Waals surface area contributed by atoms with E-state index in [0.717, 1.165) is 38.8 Å². The van der Waals surface area contributed by atoms with Crippen LogP contribution < -0.4 is 5.73 Å². The van der Waals surface area contributed by atoms with Crippen LogP contribution in [0.1, 0.15) is 31.2 Å². The van der Waals surface area contributed by atoms with Gasteiger partial charge in [0.25, 0.3) is 0 Å². The molecule has 2 rings (SSSR count). The first-order valence-corrected chi connectivity index (χ1v) is 6.69. The third-order valence-electron chi connectivity index (χ3n) is 3.97. The number of rotatable bonds is 4. The summed E-state index contributed by atoms with van der Waals surface area (Å²) in [7, 11) is 2.18. The second-order valence-corrected chi connectivity index (χ2v) is 5.50. The fourth-order valence-corrected chi connectivity index (χ4v) is 2.60. The highest BCUT2D eigenvalue weighted by Crippen LogP contribution is 2.24. The van der Waals surface area contributed by atoms with Crippen molar-refractivity contribution < 1.29 is 0 Å². The monoisotopic (exact) mass is 232 g/mol. The number of nitrogens with two attached hydrogens (primary N) is 1. The van der Waals surface area contributed by atoms with Crippen LogP contribution in [0.15, 0.2) is 30.3 Å². The number of likely N-dealkylation sites (tertiary alicyclic amines) is 1. The van der Waals surface area contributed by atoms with Gasteiger partial charge in [-0.25, -0.2) is 0 Å². The quantitative estimate of drug-likeness (QED) is 0.864. The zero-order valence-electron chi connectivity index (χ0n) is 10.9. The average Bonchev–Trinajstić information content (AvgIpc) is 2.35. The Hall–Kier alpha value is -0.860. The van der Waals surface area contributed by atoms with Crippen molar-refractivity contribution in [1.29, 1.82) is 0 Å². The molecule has 0 aromatic heterocycles. The van der Waals surface area contributed by atoms with Gasteiger partial charge in [0.15, 0.2) is 0 Å². The highest BCUT2D eigenvalue weighted by atomic mass is 15.1. The molecule has 1 heterocycles. The summed E-state index contributed by atoms with van der Waals surface area (Å²) < 4.78 is 0. The van der Waals surface area contributed by atoms with E-state index in [1.807, 2.05) is 0 Å². The standard InChI is InChI=1S/C15H24N2/c1-17-12-10-15(16,11-13-17)9-5-8-14-6-3-2-4-7-14/h2-4,6-7H,5,8-13,16H2,1H3. The van der Waals surface area contributed by atoms with E-state index in [0.29, 0.717) is 0 Å². The molecule has 0 bridgehead atoms. The van der Waals surface area contributed by atoms with Gasteiger partial charge >= 0.3 is 0 Å². The van der Waals surface area contributed by atoms with E-state index in [-0.39, 0.29) is 5.54 Å². The molecule has 1 aliphatic heterocycles. The van der Waals surface area contributed by atoms with Crippen LogP contribution >= 0.6 is 0 Å². The SMILES string of the molecule is CN1CCC(N)(CCCc2ccccc2)CC1. The average molecular weight is 232 g/mol. The Morgan fingerprint density at radius 1 is 1.18 bits per heavy atom. The van der Waals surface area contributed by atoms with Crippen molar-refractivity contribution in [2.45, 2.75) is 37.6 Å². The molecule has 0 saturated carbocycles. The molecule has 1 aliphatic rings. The summed E-state index contributed by atoms with van der Waals surface area (Å²) in [5, 5.41) is 0. The molecule has 0 unspecified atom stereocenters. The summed E-state index contributed by atoms with van der Waals surface area (Å²) in [6.45, 7) is 2.31. The Bertz CT molecular complexity index is 326. The number of piperidine rings is 1. The largest absolute Gasteiger partial charge is 0.325 e. The van der Waals surface area contributed by atoms with Crippen LogP contribution in [-0.4, -0.2) is 30.6 Å². The van der Waals surface area contributed by atoms with E-state index in [4.69, 9.17) is 5.73 Å². The Balaban J connectivity index is 1.75. The zero-order chi connectivity index (χ0) is 12.1. The van der Waals surface area contributed by atoms with E-state index in [2.05, 4.69) is 42.3 Å². The van der Waals surface area contributed by atoms with Crippen LogP contribution in [0, 0.1) is 0 Å². The summed E-state index contributed by atoms with van der Waals surface area (Å²) in [4.78, 5) is 2.38. The summed E-state index contributed by atoms with van der Waals surface area (Å²) in [5.41, 5.74) is 7.99. The predicted octanol–water partition coefficient (Wildman–Crippen LogP) is 2.43. The van der Waals surface area contributed by atoms with Gasteiger partial charge in [0.05, 0.1) is 0 Å². The molecular formula is C15H24N2. The number of aryl methyl sites for hydroxylation is 1. The van der Waals surface area contributed by atoms with Crippen molar-refractivity contribution in [1.82, 2.24) is 4.90 Å². The molecule has 1 aromatic rings. The maximum Gasteiger partial charge on any atom is 0.0178 e. The molecule has 2 heteroatoms. The van der Waals surface area contributed by atoms with Gasteiger partial charge in [0.1, 0.15) is 0 Å².